The number of benzene rings is 3. The first-order valence-electron chi connectivity index (χ1n) is 9.91. The van der Waals surface area contributed by atoms with Crippen molar-refractivity contribution >= 4 is 56.4 Å². The van der Waals surface area contributed by atoms with E-state index in [-0.39, 0.29) is 27.8 Å². The molecule has 0 atom stereocenters. The van der Waals surface area contributed by atoms with E-state index in [1.54, 1.807) is 24.3 Å². The predicted octanol–water partition coefficient (Wildman–Crippen LogP) is 5.25. The van der Waals surface area contributed by atoms with Gasteiger partial charge in [0.2, 0.25) is 0 Å². The molecule has 0 unspecified atom stereocenters. The molecule has 1 fully saturated rings. The fourth-order valence-corrected chi connectivity index (χ4v) is 5.17. The smallest absolute Gasteiger partial charge is 0.339 e. The van der Waals surface area contributed by atoms with Gasteiger partial charge >= 0.3 is 10.1 Å². The molecule has 0 bridgehead atoms. The molecule has 35 heavy (non-hydrogen) atoms. The summed E-state index contributed by atoms with van der Waals surface area (Å²) in [6, 6.07) is 17.2. The Labute approximate surface area is 209 Å². The van der Waals surface area contributed by atoms with Gasteiger partial charge in [-0.25, -0.2) is 0 Å². The highest BCUT2D eigenvalue weighted by molar-refractivity contribution is 8.18. The minimum atomic E-state index is -4.30. The van der Waals surface area contributed by atoms with Crippen LogP contribution in [-0.2, 0) is 21.5 Å². The number of non-ortho nitro benzene ring substituents is 1. The third kappa shape index (κ3) is 5.70. The summed E-state index contributed by atoms with van der Waals surface area (Å²) in [5.41, 5.74) is 0.875. The van der Waals surface area contributed by atoms with Crippen molar-refractivity contribution in [3.05, 3.63) is 104 Å². The summed E-state index contributed by atoms with van der Waals surface area (Å²) in [6.07, 6.45) is 1.52. The monoisotopic (exact) mass is 530 g/mol. The van der Waals surface area contributed by atoms with Crippen LogP contribution >= 0.6 is 23.4 Å². The number of rotatable bonds is 7. The highest BCUT2D eigenvalue weighted by atomic mass is 35.5. The Morgan fingerprint density at radius 1 is 1.03 bits per heavy atom. The van der Waals surface area contributed by atoms with Gasteiger partial charge in [0, 0.05) is 17.2 Å². The zero-order chi connectivity index (χ0) is 25.2. The molecular weight excluding hydrogens is 516 g/mol. The van der Waals surface area contributed by atoms with Gasteiger partial charge in [-0.05, 0) is 59.3 Å². The third-order valence-corrected chi connectivity index (χ3v) is 7.19. The van der Waals surface area contributed by atoms with Crippen LogP contribution in [0.1, 0.15) is 11.1 Å². The topological polar surface area (TPSA) is 124 Å². The lowest BCUT2D eigenvalue weighted by Crippen LogP contribution is -2.27. The highest BCUT2D eigenvalue weighted by Crippen LogP contribution is 2.34. The predicted molar refractivity (Wildman–Crippen MR) is 130 cm³/mol. The van der Waals surface area contributed by atoms with E-state index >= 15 is 0 Å². The Bertz CT molecular complexity index is 1470. The summed E-state index contributed by atoms with van der Waals surface area (Å²) in [6.45, 7) is 0.0881. The number of nitro benzene ring substituents is 1. The van der Waals surface area contributed by atoms with Crippen LogP contribution in [0.15, 0.2) is 82.6 Å². The molecule has 0 N–H and O–H groups in total. The molecule has 1 saturated heterocycles. The minimum Gasteiger partial charge on any atom is -0.379 e. The molecular formula is C23H15ClN2O7S2. The molecule has 9 nitrogen and oxygen atoms in total. The summed E-state index contributed by atoms with van der Waals surface area (Å²) in [7, 11) is -4.30. The number of halogens is 1. The summed E-state index contributed by atoms with van der Waals surface area (Å²) >= 11 is 6.76. The molecule has 1 heterocycles. The molecule has 0 aromatic heterocycles. The highest BCUT2D eigenvalue weighted by Gasteiger charge is 2.35. The quantitative estimate of drug-likeness (QED) is 0.175. The van der Waals surface area contributed by atoms with E-state index in [1.165, 1.54) is 48.5 Å². The normalized spacial score (nSPS) is 15.0. The third-order valence-electron chi connectivity index (χ3n) is 4.80. The van der Waals surface area contributed by atoms with E-state index in [2.05, 4.69) is 0 Å². The van der Waals surface area contributed by atoms with Crippen molar-refractivity contribution in [2.75, 3.05) is 0 Å². The van der Waals surface area contributed by atoms with Gasteiger partial charge in [-0.2, -0.15) is 8.42 Å². The number of amides is 2. The van der Waals surface area contributed by atoms with E-state index in [1.807, 2.05) is 0 Å². The van der Waals surface area contributed by atoms with Gasteiger partial charge in [0.1, 0.15) is 10.6 Å². The second kappa shape index (κ2) is 9.90. The SMILES string of the molecule is O=C1S/C(=C\c2ccc(OS(=O)(=O)c3cccc([N+](=O)[O-])c3)cc2)C(=O)N1Cc1cccc(Cl)c1. The maximum atomic E-state index is 12.7. The summed E-state index contributed by atoms with van der Waals surface area (Å²) in [5.74, 6) is -0.476. The van der Waals surface area contributed by atoms with Crippen LogP contribution < -0.4 is 4.18 Å². The maximum Gasteiger partial charge on any atom is 0.339 e. The number of nitro groups is 1. The van der Waals surface area contributed by atoms with Crippen molar-refractivity contribution in [3.63, 3.8) is 0 Å². The molecule has 3 aromatic carbocycles. The molecule has 0 aliphatic carbocycles. The first kappa shape index (κ1) is 24.5. The number of hydrogen-bond donors (Lipinski definition) is 0. The molecule has 0 saturated carbocycles. The average molecular weight is 531 g/mol. The van der Waals surface area contributed by atoms with Crippen LogP contribution in [0.4, 0.5) is 10.5 Å². The maximum absolute atomic E-state index is 12.7. The second-order valence-electron chi connectivity index (χ2n) is 7.26. The number of hydrogen-bond acceptors (Lipinski definition) is 8. The molecule has 0 spiro atoms. The van der Waals surface area contributed by atoms with Gasteiger partial charge in [0.25, 0.3) is 16.8 Å². The molecule has 178 valence electrons. The van der Waals surface area contributed by atoms with Gasteiger partial charge in [-0.3, -0.25) is 24.6 Å². The van der Waals surface area contributed by atoms with Gasteiger partial charge in [-0.15, -0.1) is 0 Å². The van der Waals surface area contributed by atoms with E-state index < -0.39 is 26.2 Å². The number of nitrogens with zero attached hydrogens (tertiary/aromatic N) is 2. The van der Waals surface area contributed by atoms with Crippen molar-refractivity contribution in [2.45, 2.75) is 11.4 Å². The second-order valence-corrected chi connectivity index (χ2v) is 10.2. The Balaban J connectivity index is 1.47. The number of thioether (sulfide) groups is 1. The fraction of sp³-hybridized carbons (Fsp3) is 0.0435. The van der Waals surface area contributed by atoms with Crippen molar-refractivity contribution in [1.82, 2.24) is 4.90 Å². The molecule has 4 rings (SSSR count). The average Bonchev–Trinajstić information content (AvgIpc) is 3.07. The number of imide groups is 1. The summed E-state index contributed by atoms with van der Waals surface area (Å²) in [5, 5.41) is 11.0. The molecule has 0 radical (unpaired) electrons. The van der Waals surface area contributed by atoms with E-state index in [0.717, 1.165) is 22.7 Å². The van der Waals surface area contributed by atoms with Crippen LogP contribution in [0.5, 0.6) is 5.75 Å². The molecule has 1 aliphatic heterocycles. The van der Waals surface area contributed by atoms with Crippen LogP contribution in [0.2, 0.25) is 5.02 Å². The lowest BCUT2D eigenvalue weighted by atomic mass is 10.2. The largest absolute Gasteiger partial charge is 0.379 e. The molecule has 2 amide bonds. The van der Waals surface area contributed by atoms with E-state index in [0.29, 0.717) is 16.1 Å². The Morgan fingerprint density at radius 2 is 1.74 bits per heavy atom. The van der Waals surface area contributed by atoms with Gasteiger partial charge < -0.3 is 4.18 Å². The lowest BCUT2D eigenvalue weighted by molar-refractivity contribution is -0.385. The Morgan fingerprint density at radius 3 is 2.43 bits per heavy atom. The van der Waals surface area contributed by atoms with Gasteiger partial charge in [0.15, 0.2) is 0 Å². The van der Waals surface area contributed by atoms with Gasteiger partial charge in [-0.1, -0.05) is 41.9 Å². The lowest BCUT2D eigenvalue weighted by Gasteiger charge is -2.12. The van der Waals surface area contributed by atoms with E-state index in [9.17, 15) is 28.1 Å². The van der Waals surface area contributed by atoms with Crippen LogP contribution in [0, 0.1) is 10.1 Å². The van der Waals surface area contributed by atoms with Crippen LogP contribution in [0.25, 0.3) is 6.08 Å². The van der Waals surface area contributed by atoms with Crippen molar-refractivity contribution in [3.8, 4) is 5.75 Å². The molecule has 12 heteroatoms. The van der Waals surface area contributed by atoms with Crippen molar-refractivity contribution < 1.29 is 27.1 Å². The van der Waals surface area contributed by atoms with Gasteiger partial charge in [0.05, 0.1) is 16.4 Å². The Kier molecular flexibility index (Phi) is 6.92. The van der Waals surface area contributed by atoms with Crippen molar-refractivity contribution in [2.24, 2.45) is 0 Å². The minimum absolute atomic E-state index is 0.0253. The number of carbonyl (C=O) groups excluding carboxylic acids is 2. The van der Waals surface area contributed by atoms with E-state index in [4.69, 9.17) is 15.8 Å². The molecule has 3 aromatic rings. The zero-order valence-corrected chi connectivity index (χ0v) is 20.0. The fourth-order valence-electron chi connectivity index (χ4n) is 3.15. The first-order valence-corrected chi connectivity index (χ1v) is 12.5. The first-order chi connectivity index (χ1) is 16.6. The van der Waals surface area contributed by atoms with Crippen LogP contribution in [-0.4, -0.2) is 29.4 Å². The standard InChI is InChI=1S/C23H15ClN2O7S2/c24-17-4-1-3-16(11-17)14-25-22(27)21(34-23(25)28)12-15-7-9-19(10-8-15)33-35(31,32)20-6-2-5-18(13-20)26(29)30/h1-13H,14H2/b21-12-. The number of carbonyl (C=O) groups is 2. The zero-order valence-electron chi connectivity index (χ0n) is 17.7. The molecule has 1 aliphatic rings. The van der Waals surface area contributed by atoms with Crippen LogP contribution in [0.3, 0.4) is 0 Å². The van der Waals surface area contributed by atoms with Crippen molar-refractivity contribution in [1.29, 1.82) is 0 Å². The summed E-state index contributed by atoms with van der Waals surface area (Å²) < 4.78 is 30.0. The summed E-state index contributed by atoms with van der Waals surface area (Å²) in [4.78, 5) is 36.2. The Hall–Kier alpha value is -3.67.